The molecule has 6 nitrogen and oxygen atoms in total. The second-order valence-corrected chi connectivity index (χ2v) is 6.05. The molecule has 1 fully saturated rings. The molecule has 2 rings (SSSR count). The molecule has 0 aliphatic heterocycles. The highest BCUT2D eigenvalue weighted by molar-refractivity contribution is 5.81. The third kappa shape index (κ3) is 4.96. The van der Waals surface area contributed by atoms with Crippen molar-refractivity contribution in [3.63, 3.8) is 0 Å². The summed E-state index contributed by atoms with van der Waals surface area (Å²) in [4.78, 5) is 23.7. The SMILES string of the molecule is O=C1CCC(NC(=O)C(CCO)Cc2ccc(O)cc2O)CC1. The predicted octanol–water partition coefficient (Wildman–Crippen LogP) is 1.27. The molecule has 0 aromatic heterocycles. The molecule has 0 heterocycles. The van der Waals surface area contributed by atoms with Crippen LogP contribution in [0.4, 0.5) is 0 Å². The summed E-state index contributed by atoms with van der Waals surface area (Å²) in [5.74, 6) is -0.513. The van der Waals surface area contributed by atoms with Crippen molar-refractivity contribution in [2.45, 2.75) is 44.6 Å². The van der Waals surface area contributed by atoms with Crippen LogP contribution >= 0.6 is 0 Å². The van der Waals surface area contributed by atoms with Crippen LogP contribution in [0, 0.1) is 5.92 Å². The van der Waals surface area contributed by atoms with Gasteiger partial charge in [-0.15, -0.1) is 0 Å². The largest absolute Gasteiger partial charge is 0.508 e. The first-order valence-electron chi connectivity index (χ1n) is 7.93. The first-order valence-corrected chi connectivity index (χ1v) is 7.93. The lowest BCUT2D eigenvalue weighted by atomic mass is 9.91. The van der Waals surface area contributed by atoms with E-state index in [-0.39, 0.29) is 48.7 Å². The number of carbonyl (C=O) groups is 2. The fourth-order valence-electron chi connectivity index (χ4n) is 2.88. The Morgan fingerprint density at radius 1 is 1.26 bits per heavy atom. The van der Waals surface area contributed by atoms with Gasteiger partial charge in [-0.3, -0.25) is 9.59 Å². The summed E-state index contributed by atoms with van der Waals surface area (Å²) in [6.45, 7) is -0.125. The molecule has 0 bridgehead atoms. The van der Waals surface area contributed by atoms with E-state index in [1.54, 1.807) is 6.07 Å². The van der Waals surface area contributed by atoms with Crippen molar-refractivity contribution in [2.75, 3.05) is 6.61 Å². The molecule has 1 saturated carbocycles. The third-order valence-electron chi connectivity index (χ3n) is 4.27. The van der Waals surface area contributed by atoms with Gasteiger partial charge in [0.25, 0.3) is 0 Å². The highest BCUT2D eigenvalue weighted by atomic mass is 16.3. The van der Waals surface area contributed by atoms with E-state index >= 15 is 0 Å². The van der Waals surface area contributed by atoms with Crippen LogP contribution in [0.15, 0.2) is 18.2 Å². The van der Waals surface area contributed by atoms with Gasteiger partial charge in [-0.2, -0.15) is 0 Å². The maximum atomic E-state index is 12.4. The van der Waals surface area contributed by atoms with Gasteiger partial charge < -0.3 is 20.6 Å². The third-order valence-corrected chi connectivity index (χ3v) is 4.27. The van der Waals surface area contributed by atoms with Crippen molar-refractivity contribution in [1.29, 1.82) is 0 Å². The van der Waals surface area contributed by atoms with Gasteiger partial charge in [0.05, 0.1) is 0 Å². The molecule has 4 N–H and O–H groups in total. The summed E-state index contributed by atoms with van der Waals surface area (Å²) in [6, 6.07) is 4.25. The first kappa shape index (κ1) is 17.3. The number of rotatable bonds is 6. The minimum Gasteiger partial charge on any atom is -0.508 e. The smallest absolute Gasteiger partial charge is 0.223 e. The number of aromatic hydroxyl groups is 2. The summed E-state index contributed by atoms with van der Waals surface area (Å²) in [5.41, 5.74) is 0.551. The Morgan fingerprint density at radius 2 is 1.96 bits per heavy atom. The van der Waals surface area contributed by atoms with Crippen LogP contribution in [-0.2, 0) is 16.0 Å². The van der Waals surface area contributed by atoms with Gasteiger partial charge in [-0.05, 0) is 37.3 Å². The number of benzene rings is 1. The van der Waals surface area contributed by atoms with E-state index in [0.717, 1.165) is 0 Å². The van der Waals surface area contributed by atoms with E-state index in [1.165, 1.54) is 12.1 Å². The van der Waals surface area contributed by atoms with Gasteiger partial charge in [-0.1, -0.05) is 6.07 Å². The van der Waals surface area contributed by atoms with Crippen molar-refractivity contribution in [3.05, 3.63) is 23.8 Å². The number of phenols is 2. The molecule has 1 atom stereocenters. The number of nitrogens with one attached hydrogen (secondary N) is 1. The number of Topliss-reactive ketones (excluding diaryl/α,β-unsaturated/α-hetero) is 1. The van der Waals surface area contributed by atoms with Crippen LogP contribution in [0.5, 0.6) is 11.5 Å². The van der Waals surface area contributed by atoms with Crippen LogP contribution in [-0.4, -0.2) is 39.7 Å². The van der Waals surface area contributed by atoms with Gasteiger partial charge >= 0.3 is 0 Å². The molecule has 1 aromatic carbocycles. The van der Waals surface area contributed by atoms with Crippen LogP contribution in [0.2, 0.25) is 0 Å². The van der Waals surface area contributed by atoms with E-state index in [9.17, 15) is 24.9 Å². The van der Waals surface area contributed by atoms with Crippen molar-refractivity contribution >= 4 is 11.7 Å². The number of ketones is 1. The maximum Gasteiger partial charge on any atom is 0.223 e. The Hall–Kier alpha value is -2.08. The lowest BCUT2D eigenvalue weighted by Gasteiger charge is -2.25. The minimum absolute atomic E-state index is 0.00481. The number of carbonyl (C=O) groups excluding carboxylic acids is 2. The van der Waals surface area contributed by atoms with E-state index in [0.29, 0.717) is 31.2 Å². The fourth-order valence-corrected chi connectivity index (χ4v) is 2.88. The van der Waals surface area contributed by atoms with E-state index < -0.39 is 5.92 Å². The molecule has 0 spiro atoms. The zero-order valence-electron chi connectivity index (χ0n) is 13.0. The Bertz CT molecular complexity index is 562. The quantitative estimate of drug-likeness (QED) is 0.631. The number of aliphatic hydroxyl groups is 1. The highest BCUT2D eigenvalue weighted by Gasteiger charge is 2.25. The number of hydrogen-bond acceptors (Lipinski definition) is 5. The van der Waals surface area contributed by atoms with Gasteiger partial charge in [0.2, 0.25) is 5.91 Å². The summed E-state index contributed by atoms with van der Waals surface area (Å²) < 4.78 is 0. The Labute approximate surface area is 135 Å². The summed E-state index contributed by atoms with van der Waals surface area (Å²) in [5, 5.41) is 31.3. The van der Waals surface area contributed by atoms with Gasteiger partial charge in [0.1, 0.15) is 17.3 Å². The number of amides is 1. The zero-order valence-corrected chi connectivity index (χ0v) is 13.0. The molecule has 1 amide bonds. The molecule has 1 aliphatic carbocycles. The van der Waals surface area contributed by atoms with Crippen LogP contribution in [0.25, 0.3) is 0 Å². The highest BCUT2D eigenvalue weighted by Crippen LogP contribution is 2.26. The van der Waals surface area contributed by atoms with E-state index in [2.05, 4.69) is 5.32 Å². The standard InChI is InChI=1S/C17H23NO5/c19-8-7-12(9-11-1-4-15(21)10-16(11)22)17(23)18-13-2-5-14(20)6-3-13/h1,4,10,12-13,19,21-22H,2-3,5-9H2,(H,18,23). The molecule has 1 aromatic rings. The summed E-state index contributed by atoms with van der Waals surface area (Å²) >= 11 is 0. The average Bonchev–Trinajstić information content (AvgIpc) is 2.51. The van der Waals surface area contributed by atoms with Crippen LogP contribution in [0.1, 0.15) is 37.7 Å². The normalized spacial score (nSPS) is 17.0. The van der Waals surface area contributed by atoms with Crippen molar-refractivity contribution < 1.29 is 24.9 Å². The lowest BCUT2D eigenvalue weighted by Crippen LogP contribution is -2.41. The molecule has 23 heavy (non-hydrogen) atoms. The van der Waals surface area contributed by atoms with Gasteiger partial charge in [-0.25, -0.2) is 0 Å². The Kier molecular flexibility index (Phi) is 5.98. The van der Waals surface area contributed by atoms with Crippen LogP contribution in [0.3, 0.4) is 0 Å². The summed E-state index contributed by atoms with van der Waals surface area (Å²) in [6.07, 6.45) is 2.87. The maximum absolute atomic E-state index is 12.4. The van der Waals surface area contributed by atoms with E-state index in [1.807, 2.05) is 0 Å². The zero-order chi connectivity index (χ0) is 16.8. The number of aliphatic hydroxyl groups excluding tert-OH is 1. The van der Waals surface area contributed by atoms with Crippen LogP contribution < -0.4 is 5.32 Å². The minimum atomic E-state index is -0.465. The monoisotopic (exact) mass is 321 g/mol. The molecule has 1 unspecified atom stereocenters. The van der Waals surface area contributed by atoms with Crippen molar-refractivity contribution in [2.24, 2.45) is 5.92 Å². The molecule has 0 radical (unpaired) electrons. The Balaban J connectivity index is 1.99. The second-order valence-electron chi connectivity index (χ2n) is 6.05. The van der Waals surface area contributed by atoms with Gasteiger partial charge in [0, 0.05) is 37.5 Å². The number of hydrogen-bond donors (Lipinski definition) is 4. The van der Waals surface area contributed by atoms with Crippen molar-refractivity contribution in [1.82, 2.24) is 5.32 Å². The molecule has 126 valence electrons. The van der Waals surface area contributed by atoms with Gasteiger partial charge in [0.15, 0.2) is 0 Å². The van der Waals surface area contributed by atoms with Crippen molar-refractivity contribution in [3.8, 4) is 11.5 Å². The average molecular weight is 321 g/mol. The second kappa shape index (κ2) is 7.97. The molecule has 1 aliphatic rings. The Morgan fingerprint density at radius 3 is 2.57 bits per heavy atom. The first-order chi connectivity index (χ1) is 11.0. The topological polar surface area (TPSA) is 107 Å². The molecular formula is C17H23NO5. The lowest BCUT2D eigenvalue weighted by molar-refractivity contribution is -0.128. The summed E-state index contributed by atoms with van der Waals surface area (Å²) in [7, 11) is 0. The molecule has 0 saturated heterocycles. The van der Waals surface area contributed by atoms with E-state index in [4.69, 9.17) is 0 Å². The molecule has 6 heteroatoms. The molecular weight excluding hydrogens is 298 g/mol. The predicted molar refractivity (Wildman–Crippen MR) is 84.1 cm³/mol. The number of phenolic OH excluding ortho intramolecular Hbond substituents is 2. The fraction of sp³-hybridized carbons (Fsp3) is 0.529.